The fourth-order valence-electron chi connectivity index (χ4n) is 1.48. The lowest BCUT2D eigenvalue weighted by Gasteiger charge is -2.06. The first kappa shape index (κ1) is 13.3. The van der Waals surface area contributed by atoms with Gasteiger partial charge in [-0.1, -0.05) is 0 Å². The molecular weight excluding hydrogens is 273 g/mol. The van der Waals surface area contributed by atoms with Crippen LogP contribution in [0.15, 0.2) is 46.1 Å². The average molecular weight is 283 g/mol. The van der Waals surface area contributed by atoms with E-state index in [2.05, 4.69) is 5.32 Å². The second-order valence-corrected chi connectivity index (χ2v) is 5.87. The second kappa shape index (κ2) is 4.85. The average Bonchev–Trinajstić information content (AvgIpc) is 2.80. The molecule has 19 heavy (non-hydrogen) atoms. The number of nitrogens with one attached hydrogen (secondary N) is 1. The third kappa shape index (κ3) is 3.00. The zero-order chi connectivity index (χ0) is 14.0. The highest BCUT2D eigenvalue weighted by atomic mass is 32.2. The lowest BCUT2D eigenvalue weighted by molar-refractivity contribution is 0.102. The predicted octanol–water partition coefficient (Wildman–Crippen LogP) is 2.07. The molecule has 1 heterocycles. The second-order valence-electron chi connectivity index (χ2n) is 3.88. The molecule has 1 amide bonds. The van der Waals surface area contributed by atoms with E-state index in [9.17, 15) is 17.6 Å². The molecule has 0 unspecified atom stereocenters. The van der Waals surface area contributed by atoms with Gasteiger partial charge in [0.25, 0.3) is 5.91 Å². The molecule has 5 nitrogen and oxygen atoms in total. The molecule has 0 aliphatic rings. The molecule has 0 fully saturated rings. The van der Waals surface area contributed by atoms with E-state index in [1.807, 2.05) is 0 Å². The van der Waals surface area contributed by atoms with E-state index in [4.69, 9.17) is 4.42 Å². The highest BCUT2D eigenvalue weighted by Gasteiger charge is 2.15. The fraction of sp³-hybridized carbons (Fsp3) is 0.0833. The molecule has 0 atom stereocenters. The third-order valence-electron chi connectivity index (χ3n) is 2.37. The number of sulfone groups is 1. The molecule has 1 aromatic carbocycles. The Bertz CT molecular complexity index is 707. The minimum Gasteiger partial charge on any atom is -0.472 e. The van der Waals surface area contributed by atoms with Crippen LogP contribution in [-0.4, -0.2) is 20.6 Å². The van der Waals surface area contributed by atoms with Crippen LogP contribution in [0.5, 0.6) is 0 Å². The van der Waals surface area contributed by atoms with Crippen LogP contribution in [-0.2, 0) is 9.84 Å². The van der Waals surface area contributed by atoms with Crippen LogP contribution < -0.4 is 5.32 Å². The quantitative estimate of drug-likeness (QED) is 0.935. The molecule has 2 aromatic rings. The molecule has 1 N–H and O–H groups in total. The fourth-order valence-corrected chi connectivity index (χ4v) is 2.20. The number of carbonyl (C=O) groups is 1. The van der Waals surface area contributed by atoms with Crippen molar-refractivity contribution in [2.24, 2.45) is 0 Å². The van der Waals surface area contributed by atoms with E-state index in [-0.39, 0.29) is 11.3 Å². The summed E-state index contributed by atoms with van der Waals surface area (Å²) in [5.41, 5.74) is 0.448. The molecule has 2 rings (SSSR count). The summed E-state index contributed by atoms with van der Waals surface area (Å²) in [5, 5.41) is 2.43. The van der Waals surface area contributed by atoms with Gasteiger partial charge in [-0.05, 0) is 24.3 Å². The van der Waals surface area contributed by atoms with Crippen LogP contribution in [0.2, 0.25) is 0 Å². The van der Waals surface area contributed by atoms with E-state index >= 15 is 0 Å². The van der Waals surface area contributed by atoms with Gasteiger partial charge in [0.15, 0.2) is 9.84 Å². The minimum atomic E-state index is -3.62. The van der Waals surface area contributed by atoms with Gasteiger partial charge in [0.2, 0.25) is 0 Å². The van der Waals surface area contributed by atoms with Crippen LogP contribution in [0.3, 0.4) is 0 Å². The maximum Gasteiger partial charge on any atom is 0.258 e. The van der Waals surface area contributed by atoms with E-state index < -0.39 is 26.5 Å². The highest BCUT2D eigenvalue weighted by Crippen LogP contribution is 2.19. The first-order valence-electron chi connectivity index (χ1n) is 5.21. The van der Waals surface area contributed by atoms with Crippen LogP contribution in [0.25, 0.3) is 0 Å². The van der Waals surface area contributed by atoms with E-state index in [0.717, 1.165) is 18.4 Å². The normalized spacial score (nSPS) is 11.3. The van der Waals surface area contributed by atoms with Gasteiger partial charge in [0.1, 0.15) is 17.0 Å². The van der Waals surface area contributed by atoms with Crippen LogP contribution >= 0.6 is 0 Å². The van der Waals surface area contributed by atoms with Gasteiger partial charge in [0.05, 0.1) is 11.8 Å². The van der Waals surface area contributed by atoms with Gasteiger partial charge in [-0.3, -0.25) is 4.79 Å². The molecule has 0 aliphatic carbocycles. The summed E-state index contributed by atoms with van der Waals surface area (Å²) in [6, 6.07) is 4.83. The van der Waals surface area contributed by atoms with Crippen LogP contribution in [0.1, 0.15) is 10.4 Å². The van der Waals surface area contributed by atoms with Gasteiger partial charge in [-0.15, -0.1) is 0 Å². The van der Waals surface area contributed by atoms with Gasteiger partial charge in [0, 0.05) is 11.9 Å². The summed E-state index contributed by atoms with van der Waals surface area (Å²) in [7, 11) is -3.62. The Labute approximate surface area is 109 Å². The van der Waals surface area contributed by atoms with Crippen molar-refractivity contribution in [3.8, 4) is 0 Å². The summed E-state index contributed by atoms with van der Waals surface area (Å²) in [6.45, 7) is 0. The first-order valence-corrected chi connectivity index (χ1v) is 7.10. The van der Waals surface area contributed by atoms with Gasteiger partial charge < -0.3 is 9.73 Å². The Morgan fingerprint density at radius 3 is 2.58 bits per heavy atom. The van der Waals surface area contributed by atoms with E-state index in [1.165, 1.54) is 24.7 Å². The molecule has 0 saturated carbocycles. The van der Waals surface area contributed by atoms with E-state index in [0.29, 0.717) is 0 Å². The first-order chi connectivity index (χ1) is 8.88. The maximum atomic E-state index is 13.6. The Balaban J connectivity index is 2.24. The summed E-state index contributed by atoms with van der Waals surface area (Å²) >= 11 is 0. The summed E-state index contributed by atoms with van der Waals surface area (Å²) in [4.78, 5) is 11.2. The Hall–Kier alpha value is -2.15. The predicted molar refractivity (Wildman–Crippen MR) is 66.2 cm³/mol. The van der Waals surface area contributed by atoms with Crippen molar-refractivity contribution >= 4 is 21.4 Å². The number of furan rings is 1. The lowest BCUT2D eigenvalue weighted by Crippen LogP contribution is -2.11. The number of rotatable bonds is 3. The number of halogens is 1. The van der Waals surface area contributed by atoms with Crippen molar-refractivity contribution in [3.63, 3.8) is 0 Å². The Kier molecular flexibility index (Phi) is 3.39. The third-order valence-corrected chi connectivity index (χ3v) is 3.50. The smallest absolute Gasteiger partial charge is 0.258 e. The number of anilines is 1. The number of benzene rings is 1. The van der Waals surface area contributed by atoms with Crippen molar-refractivity contribution in [1.82, 2.24) is 0 Å². The molecule has 7 heteroatoms. The van der Waals surface area contributed by atoms with Gasteiger partial charge in [-0.2, -0.15) is 0 Å². The monoisotopic (exact) mass is 283 g/mol. The summed E-state index contributed by atoms with van der Waals surface area (Å²) in [6.07, 6.45) is 3.49. The molecular formula is C12H10FNO4S. The molecule has 0 saturated heterocycles. The molecule has 0 aliphatic heterocycles. The topological polar surface area (TPSA) is 76.4 Å². The molecule has 0 radical (unpaired) electrons. The zero-order valence-electron chi connectivity index (χ0n) is 9.88. The van der Waals surface area contributed by atoms with Crippen molar-refractivity contribution < 1.29 is 22.0 Å². The van der Waals surface area contributed by atoms with Crippen molar-refractivity contribution in [2.45, 2.75) is 4.90 Å². The number of hydrogen-bond donors (Lipinski definition) is 1. The van der Waals surface area contributed by atoms with Crippen molar-refractivity contribution in [1.29, 1.82) is 0 Å². The van der Waals surface area contributed by atoms with Crippen LogP contribution in [0, 0.1) is 5.82 Å². The largest absolute Gasteiger partial charge is 0.472 e. The number of amides is 1. The maximum absolute atomic E-state index is 13.6. The SMILES string of the molecule is CS(=O)(=O)c1ccc(NC(=O)c2ccoc2)cc1F. The molecule has 0 bridgehead atoms. The number of hydrogen-bond acceptors (Lipinski definition) is 4. The summed E-state index contributed by atoms with van der Waals surface area (Å²) < 4.78 is 40.8. The highest BCUT2D eigenvalue weighted by molar-refractivity contribution is 7.90. The Morgan fingerprint density at radius 2 is 2.05 bits per heavy atom. The van der Waals surface area contributed by atoms with Gasteiger partial charge >= 0.3 is 0 Å². The van der Waals surface area contributed by atoms with Crippen LogP contribution in [0.4, 0.5) is 10.1 Å². The number of carbonyl (C=O) groups excluding carboxylic acids is 1. The molecule has 100 valence electrons. The van der Waals surface area contributed by atoms with Gasteiger partial charge in [-0.25, -0.2) is 12.8 Å². The standard InChI is InChI=1S/C12H10FNO4S/c1-19(16,17)11-3-2-9(6-10(11)13)14-12(15)8-4-5-18-7-8/h2-7H,1H3,(H,14,15). The zero-order valence-corrected chi connectivity index (χ0v) is 10.7. The molecule has 1 aromatic heterocycles. The van der Waals surface area contributed by atoms with E-state index in [1.54, 1.807) is 0 Å². The Morgan fingerprint density at radius 1 is 1.32 bits per heavy atom. The summed E-state index contributed by atoms with van der Waals surface area (Å²) in [5.74, 6) is -1.38. The lowest BCUT2D eigenvalue weighted by atomic mass is 10.2. The van der Waals surface area contributed by atoms with Crippen molar-refractivity contribution in [2.75, 3.05) is 11.6 Å². The molecule has 0 spiro atoms. The minimum absolute atomic E-state index is 0.163. The van der Waals surface area contributed by atoms with Crippen molar-refractivity contribution in [3.05, 3.63) is 48.2 Å².